The van der Waals surface area contributed by atoms with Crippen molar-refractivity contribution in [3.63, 3.8) is 0 Å². The summed E-state index contributed by atoms with van der Waals surface area (Å²) in [5.41, 5.74) is 5.02. The van der Waals surface area contributed by atoms with Gasteiger partial charge in [-0.3, -0.25) is 0 Å². The molecule has 2 N–H and O–H groups in total. The van der Waals surface area contributed by atoms with E-state index in [2.05, 4.69) is 44.3 Å². The Morgan fingerprint density at radius 1 is 1.11 bits per heavy atom. The van der Waals surface area contributed by atoms with Crippen molar-refractivity contribution in [2.45, 2.75) is 33.4 Å². The highest BCUT2D eigenvalue weighted by Crippen LogP contribution is 2.19. The molecule has 0 aliphatic carbocycles. The summed E-state index contributed by atoms with van der Waals surface area (Å²) in [6, 6.07) is 14.1. The molecule has 0 saturated carbocycles. The number of aryl methyl sites for hydroxylation is 2. The first kappa shape index (κ1) is 13.6. The van der Waals surface area contributed by atoms with Gasteiger partial charge in [0.2, 0.25) is 0 Å². The third kappa shape index (κ3) is 3.58. The van der Waals surface area contributed by atoms with E-state index in [1.807, 2.05) is 12.1 Å². The first-order valence-electron chi connectivity index (χ1n) is 6.64. The highest BCUT2D eigenvalue weighted by atomic mass is 16.3. The predicted octanol–water partition coefficient (Wildman–Crippen LogP) is 3.86. The Bertz CT molecular complexity index is 563. The van der Waals surface area contributed by atoms with Crippen molar-refractivity contribution in [3.05, 3.63) is 64.7 Å². The van der Waals surface area contributed by atoms with E-state index >= 15 is 0 Å². The van der Waals surface area contributed by atoms with Crippen molar-refractivity contribution < 1.29 is 5.11 Å². The zero-order chi connectivity index (χ0) is 13.8. The van der Waals surface area contributed by atoms with Crippen LogP contribution in [0.3, 0.4) is 0 Å². The fraction of sp³-hybridized carbons (Fsp3) is 0.294. The normalized spacial score (nSPS) is 12.4. The lowest BCUT2D eigenvalue weighted by Crippen LogP contribution is -2.18. The Morgan fingerprint density at radius 3 is 2.63 bits per heavy atom. The molecule has 2 nitrogen and oxygen atoms in total. The van der Waals surface area contributed by atoms with Gasteiger partial charge in [0.25, 0.3) is 0 Å². The first-order chi connectivity index (χ1) is 9.06. The van der Waals surface area contributed by atoms with Crippen molar-refractivity contribution in [1.82, 2.24) is 5.32 Å². The van der Waals surface area contributed by atoms with Crippen molar-refractivity contribution in [1.29, 1.82) is 0 Å². The summed E-state index contributed by atoms with van der Waals surface area (Å²) in [5, 5.41) is 13.0. The Hall–Kier alpha value is -1.80. The molecule has 100 valence electrons. The van der Waals surface area contributed by atoms with E-state index in [0.717, 1.165) is 12.1 Å². The average molecular weight is 255 g/mol. The highest BCUT2D eigenvalue weighted by Gasteiger charge is 2.06. The molecule has 0 radical (unpaired) electrons. The number of hydrogen-bond donors (Lipinski definition) is 2. The molecule has 1 atom stereocenters. The van der Waals surface area contributed by atoms with Gasteiger partial charge in [-0.25, -0.2) is 0 Å². The molecule has 0 bridgehead atoms. The van der Waals surface area contributed by atoms with Gasteiger partial charge >= 0.3 is 0 Å². The van der Waals surface area contributed by atoms with Crippen LogP contribution >= 0.6 is 0 Å². The van der Waals surface area contributed by atoms with Crippen LogP contribution in [0.25, 0.3) is 0 Å². The SMILES string of the molecule is Cc1ccc(C)c(CNC(C)c2cccc(O)c2)c1. The smallest absolute Gasteiger partial charge is 0.115 e. The third-order valence-corrected chi connectivity index (χ3v) is 3.47. The molecule has 19 heavy (non-hydrogen) atoms. The second-order valence-corrected chi connectivity index (χ2v) is 5.13. The fourth-order valence-electron chi connectivity index (χ4n) is 2.17. The van der Waals surface area contributed by atoms with Crippen LogP contribution in [0.2, 0.25) is 0 Å². The topological polar surface area (TPSA) is 32.3 Å². The lowest BCUT2D eigenvalue weighted by molar-refractivity contribution is 0.472. The van der Waals surface area contributed by atoms with Crippen LogP contribution in [-0.4, -0.2) is 5.11 Å². The van der Waals surface area contributed by atoms with Crippen LogP contribution in [0.4, 0.5) is 0 Å². The van der Waals surface area contributed by atoms with E-state index in [1.165, 1.54) is 16.7 Å². The average Bonchev–Trinajstić information content (AvgIpc) is 2.39. The molecule has 2 aromatic carbocycles. The zero-order valence-corrected chi connectivity index (χ0v) is 11.8. The number of phenolic OH excluding ortho intramolecular Hbond substituents is 1. The van der Waals surface area contributed by atoms with Crippen molar-refractivity contribution in [2.24, 2.45) is 0 Å². The fourth-order valence-corrected chi connectivity index (χ4v) is 2.17. The molecule has 0 saturated heterocycles. The number of phenols is 1. The molecule has 1 unspecified atom stereocenters. The summed E-state index contributed by atoms with van der Waals surface area (Å²) in [4.78, 5) is 0. The monoisotopic (exact) mass is 255 g/mol. The largest absolute Gasteiger partial charge is 0.508 e. The van der Waals surface area contributed by atoms with Crippen LogP contribution in [0.15, 0.2) is 42.5 Å². The minimum absolute atomic E-state index is 0.215. The van der Waals surface area contributed by atoms with E-state index in [4.69, 9.17) is 0 Å². The van der Waals surface area contributed by atoms with Crippen LogP contribution in [0.1, 0.15) is 35.2 Å². The van der Waals surface area contributed by atoms with Crippen LogP contribution in [0, 0.1) is 13.8 Å². The maximum absolute atomic E-state index is 9.50. The van der Waals surface area contributed by atoms with Gasteiger partial charge in [0.05, 0.1) is 0 Å². The van der Waals surface area contributed by atoms with Gasteiger partial charge in [0.15, 0.2) is 0 Å². The second kappa shape index (κ2) is 5.89. The van der Waals surface area contributed by atoms with Gasteiger partial charge in [-0.05, 0) is 49.6 Å². The van der Waals surface area contributed by atoms with Crippen molar-refractivity contribution in [3.8, 4) is 5.75 Å². The molecule has 0 aromatic heterocycles. The molecule has 0 fully saturated rings. The van der Waals surface area contributed by atoms with E-state index in [-0.39, 0.29) is 6.04 Å². The molecular weight excluding hydrogens is 234 g/mol. The molecule has 0 aliphatic rings. The number of benzene rings is 2. The lowest BCUT2D eigenvalue weighted by atomic mass is 10.0. The Balaban J connectivity index is 2.04. The third-order valence-electron chi connectivity index (χ3n) is 3.47. The molecule has 0 amide bonds. The van der Waals surface area contributed by atoms with E-state index in [9.17, 15) is 5.11 Å². The molecule has 0 spiro atoms. The Morgan fingerprint density at radius 2 is 1.89 bits per heavy atom. The molecule has 2 heteroatoms. The van der Waals surface area contributed by atoms with E-state index in [1.54, 1.807) is 12.1 Å². The summed E-state index contributed by atoms with van der Waals surface area (Å²) in [6.07, 6.45) is 0. The van der Waals surface area contributed by atoms with Gasteiger partial charge in [0.1, 0.15) is 5.75 Å². The lowest BCUT2D eigenvalue weighted by Gasteiger charge is -2.16. The van der Waals surface area contributed by atoms with E-state index in [0.29, 0.717) is 5.75 Å². The summed E-state index contributed by atoms with van der Waals surface area (Å²) in [6.45, 7) is 7.20. The quantitative estimate of drug-likeness (QED) is 0.869. The maximum atomic E-state index is 9.50. The van der Waals surface area contributed by atoms with Crippen molar-refractivity contribution in [2.75, 3.05) is 0 Å². The zero-order valence-electron chi connectivity index (χ0n) is 11.8. The first-order valence-corrected chi connectivity index (χ1v) is 6.64. The van der Waals surface area contributed by atoms with Gasteiger partial charge in [-0.15, -0.1) is 0 Å². The van der Waals surface area contributed by atoms with Crippen molar-refractivity contribution >= 4 is 0 Å². The maximum Gasteiger partial charge on any atom is 0.115 e. The number of rotatable bonds is 4. The minimum Gasteiger partial charge on any atom is -0.508 e. The molecule has 0 aliphatic heterocycles. The summed E-state index contributed by atoms with van der Waals surface area (Å²) in [5.74, 6) is 0.317. The second-order valence-electron chi connectivity index (χ2n) is 5.13. The van der Waals surface area contributed by atoms with Gasteiger partial charge in [-0.1, -0.05) is 35.9 Å². The van der Waals surface area contributed by atoms with Crippen LogP contribution in [-0.2, 0) is 6.54 Å². The van der Waals surface area contributed by atoms with Crippen LogP contribution < -0.4 is 5.32 Å². The van der Waals surface area contributed by atoms with Gasteiger partial charge < -0.3 is 10.4 Å². The number of hydrogen-bond acceptors (Lipinski definition) is 2. The number of aromatic hydroxyl groups is 1. The standard InChI is InChI=1S/C17H21NO/c1-12-7-8-13(2)16(9-12)11-18-14(3)15-5-4-6-17(19)10-15/h4-10,14,18-19H,11H2,1-3H3. The molecule has 2 rings (SSSR count). The molecule has 0 heterocycles. The number of nitrogens with one attached hydrogen (secondary N) is 1. The minimum atomic E-state index is 0.215. The Labute approximate surface area is 115 Å². The molecular formula is C17H21NO. The van der Waals surface area contributed by atoms with Gasteiger partial charge in [0, 0.05) is 12.6 Å². The van der Waals surface area contributed by atoms with Gasteiger partial charge in [-0.2, -0.15) is 0 Å². The van der Waals surface area contributed by atoms with E-state index < -0.39 is 0 Å². The predicted molar refractivity (Wildman–Crippen MR) is 79.3 cm³/mol. The summed E-state index contributed by atoms with van der Waals surface area (Å²) >= 11 is 0. The Kier molecular flexibility index (Phi) is 4.23. The summed E-state index contributed by atoms with van der Waals surface area (Å²) in [7, 11) is 0. The summed E-state index contributed by atoms with van der Waals surface area (Å²) < 4.78 is 0. The highest BCUT2D eigenvalue weighted by molar-refractivity contribution is 5.31. The molecule has 2 aromatic rings. The van der Waals surface area contributed by atoms with Crippen LogP contribution in [0.5, 0.6) is 5.75 Å².